The molecular formula is C24H34N2O3. The molecule has 5 heteroatoms. The lowest BCUT2D eigenvalue weighted by Gasteiger charge is -2.11. The van der Waals surface area contributed by atoms with Gasteiger partial charge in [0.1, 0.15) is 11.5 Å². The van der Waals surface area contributed by atoms with E-state index in [2.05, 4.69) is 31.4 Å². The van der Waals surface area contributed by atoms with Crippen LogP contribution in [0.1, 0.15) is 46.5 Å². The van der Waals surface area contributed by atoms with Gasteiger partial charge in [-0.25, -0.2) is 0 Å². The number of unbranched alkanes of at least 4 members (excludes halogenated alkanes) is 3. The first-order chi connectivity index (χ1) is 14.1. The topological polar surface area (TPSA) is 59.6 Å². The van der Waals surface area contributed by atoms with Crippen LogP contribution in [0.2, 0.25) is 0 Å². The van der Waals surface area contributed by atoms with Crippen molar-refractivity contribution in [3.8, 4) is 11.5 Å². The molecule has 158 valence electrons. The third-order valence-electron chi connectivity index (χ3n) is 4.30. The van der Waals surface area contributed by atoms with Crippen LogP contribution >= 0.6 is 0 Å². The van der Waals surface area contributed by atoms with Gasteiger partial charge in [0.2, 0.25) is 5.91 Å². The fourth-order valence-electron chi connectivity index (χ4n) is 2.67. The fourth-order valence-corrected chi connectivity index (χ4v) is 2.67. The lowest BCUT2D eigenvalue weighted by molar-refractivity contribution is -0.114. The number of carbonyl (C=O) groups excluding carboxylic acids is 1. The molecule has 0 saturated carbocycles. The quantitative estimate of drug-likeness (QED) is 0.423. The van der Waals surface area contributed by atoms with Crippen LogP contribution in [-0.2, 0) is 4.79 Å². The largest absolute Gasteiger partial charge is 0.494 e. The summed E-state index contributed by atoms with van der Waals surface area (Å²) in [6.45, 7) is 8.04. The first-order valence-corrected chi connectivity index (χ1v) is 10.6. The van der Waals surface area contributed by atoms with Crippen molar-refractivity contribution in [1.82, 2.24) is 0 Å². The molecule has 0 saturated heterocycles. The molecule has 0 fully saturated rings. The fraction of sp³-hybridized carbons (Fsp3) is 0.458. The van der Waals surface area contributed by atoms with Gasteiger partial charge in [-0.3, -0.25) is 4.79 Å². The Kier molecular flexibility index (Phi) is 9.90. The molecule has 5 nitrogen and oxygen atoms in total. The SMILES string of the molecule is CCCCCCOc1ccc(NCC(=O)Nc2ccc(OCC(C)C)cc2)cc1. The normalized spacial score (nSPS) is 10.6. The highest BCUT2D eigenvalue weighted by Crippen LogP contribution is 2.18. The molecule has 1 amide bonds. The van der Waals surface area contributed by atoms with Gasteiger partial charge >= 0.3 is 0 Å². The van der Waals surface area contributed by atoms with Crippen LogP contribution in [0.5, 0.6) is 11.5 Å². The Hall–Kier alpha value is -2.69. The maximum atomic E-state index is 12.2. The minimum absolute atomic E-state index is 0.0999. The number of amides is 1. The van der Waals surface area contributed by atoms with E-state index in [1.54, 1.807) is 0 Å². The Morgan fingerprint density at radius 1 is 0.862 bits per heavy atom. The summed E-state index contributed by atoms with van der Waals surface area (Å²) < 4.78 is 11.4. The van der Waals surface area contributed by atoms with Gasteiger partial charge in [0.25, 0.3) is 0 Å². The number of ether oxygens (including phenoxy) is 2. The molecule has 2 aromatic carbocycles. The van der Waals surface area contributed by atoms with Crippen molar-refractivity contribution >= 4 is 17.3 Å². The van der Waals surface area contributed by atoms with E-state index in [0.717, 1.165) is 35.9 Å². The smallest absolute Gasteiger partial charge is 0.243 e. The molecule has 0 unspecified atom stereocenters. The lowest BCUT2D eigenvalue weighted by Crippen LogP contribution is -2.21. The van der Waals surface area contributed by atoms with Crippen molar-refractivity contribution in [2.45, 2.75) is 46.5 Å². The molecule has 0 bridgehead atoms. The predicted octanol–water partition coefficient (Wildman–Crippen LogP) is 5.73. The summed E-state index contributed by atoms with van der Waals surface area (Å²) in [4.78, 5) is 12.2. The average Bonchev–Trinajstić information content (AvgIpc) is 2.72. The Bertz CT molecular complexity index is 712. The van der Waals surface area contributed by atoms with Gasteiger partial charge in [-0.05, 0) is 60.9 Å². The van der Waals surface area contributed by atoms with Crippen LogP contribution in [0.25, 0.3) is 0 Å². The van der Waals surface area contributed by atoms with Gasteiger partial charge < -0.3 is 20.1 Å². The molecule has 29 heavy (non-hydrogen) atoms. The van der Waals surface area contributed by atoms with E-state index in [1.807, 2.05) is 48.5 Å². The predicted molar refractivity (Wildman–Crippen MR) is 120 cm³/mol. The summed E-state index contributed by atoms with van der Waals surface area (Å²) in [6, 6.07) is 15.1. The van der Waals surface area contributed by atoms with Crippen LogP contribution in [0.4, 0.5) is 11.4 Å². The third-order valence-corrected chi connectivity index (χ3v) is 4.30. The number of hydrogen-bond donors (Lipinski definition) is 2. The van der Waals surface area contributed by atoms with E-state index in [-0.39, 0.29) is 12.5 Å². The number of carbonyl (C=O) groups is 1. The highest BCUT2D eigenvalue weighted by atomic mass is 16.5. The molecule has 2 aromatic rings. The van der Waals surface area contributed by atoms with E-state index in [0.29, 0.717) is 12.5 Å². The van der Waals surface area contributed by atoms with Crippen LogP contribution < -0.4 is 20.1 Å². The van der Waals surface area contributed by atoms with Gasteiger partial charge in [0.15, 0.2) is 0 Å². The minimum atomic E-state index is -0.0999. The number of anilines is 2. The first kappa shape index (κ1) is 22.6. The van der Waals surface area contributed by atoms with Crippen LogP contribution in [0.3, 0.4) is 0 Å². The molecule has 0 heterocycles. The van der Waals surface area contributed by atoms with Gasteiger partial charge in [0.05, 0.1) is 19.8 Å². The summed E-state index contributed by atoms with van der Waals surface area (Å²) in [5.41, 5.74) is 1.64. The Labute approximate surface area is 174 Å². The molecule has 0 spiro atoms. The molecular weight excluding hydrogens is 364 g/mol. The van der Waals surface area contributed by atoms with Crippen molar-refractivity contribution in [2.75, 3.05) is 30.4 Å². The molecule has 2 rings (SSSR count). The lowest BCUT2D eigenvalue weighted by atomic mass is 10.2. The van der Waals surface area contributed by atoms with Crippen LogP contribution in [-0.4, -0.2) is 25.7 Å². The zero-order chi connectivity index (χ0) is 20.9. The zero-order valence-electron chi connectivity index (χ0n) is 17.9. The molecule has 0 radical (unpaired) electrons. The van der Waals surface area contributed by atoms with E-state index >= 15 is 0 Å². The summed E-state index contributed by atoms with van der Waals surface area (Å²) in [7, 11) is 0. The highest BCUT2D eigenvalue weighted by Gasteiger charge is 2.04. The van der Waals surface area contributed by atoms with E-state index in [9.17, 15) is 4.79 Å². The summed E-state index contributed by atoms with van der Waals surface area (Å²) in [5.74, 6) is 2.04. The number of nitrogens with one attached hydrogen (secondary N) is 2. The molecule has 0 aliphatic heterocycles. The number of hydrogen-bond acceptors (Lipinski definition) is 4. The Morgan fingerprint density at radius 3 is 2.10 bits per heavy atom. The molecule has 0 aliphatic carbocycles. The number of rotatable bonds is 13. The second kappa shape index (κ2) is 12.7. The van der Waals surface area contributed by atoms with Crippen molar-refractivity contribution in [3.05, 3.63) is 48.5 Å². The second-order valence-corrected chi connectivity index (χ2v) is 7.56. The van der Waals surface area contributed by atoms with Gasteiger partial charge in [-0.1, -0.05) is 40.0 Å². The monoisotopic (exact) mass is 398 g/mol. The van der Waals surface area contributed by atoms with Crippen molar-refractivity contribution in [2.24, 2.45) is 5.92 Å². The number of benzene rings is 2. The minimum Gasteiger partial charge on any atom is -0.494 e. The Morgan fingerprint density at radius 2 is 1.48 bits per heavy atom. The van der Waals surface area contributed by atoms with E-state index < -0.39 is 0 Å². The maximum Gasteiger partial charge on any atom is 0.243 e. The molecule has 0 aliphatic rings. The van der Waals surface area contributed by atoms with Crippen LogP contribution in [0.15, 0.2) is 48.5 Å². The highest BCUT2D eigenvalue weighted by molar-refractivity contribution is 5.93. The Balaban J connectivity index is 1.69. The van der Waals surface area contributed by atoms with Crippen LogP contribution in [0, 0.1) is 5.92 Å². The van der Waals surface area contributed by atoms with Gasteiger partial charge in [0, 0.05) is 11.4 Å². The first-order valence-electron chi connectivity index (χ1n) is 10.6. The van der Waals surface area contributed by atoms with Crippen molar-refractivity contribution in [1.29, 1.82) is 0 Å². The average molecular weight is 399 g/mol. The van der Waals surface area contributed by atoms with E-state index in [1.165, 1.54) is 19.3 Å². The molecule has 0 atom stereocenters. The van der Waals surface area contributed by atoms with Crippen molar-refractivity contribution in [3.63, 3.8) is 0 Å². The third kappa shape index (κ3) is 9.37. The summed E-state index contributed by atoms with van der Waals surface area (Å²) >= 11 is 0. The molecule has 2 N–H and O–H groups in total. The van der Waals surface area contributed by atoms with Gasteiger partial charge in [-0.2, -0.15) is 0 Å². The molecule has 0 aromatic heterocycles. The summed E-state index contributed by atoms with van der Waals surface area (Å²) in [5, 5.41) is 6.01. The standard InChI is InChI=1S/C24H34N2O3/c1-4-5-6-7-16-28-22-12-8-20(9-13-22)25-17-24(27)26-21-10-14-23(15-11-21)29-18-19(2)3/h8-15,19,25H,4-7,16-18H2,1-3H3,(H,26,27). The summed E-state index contributed by atoms with van der Waals surface area (Å²) in [6.07, 6.45) is 4.77. The van der Waals surface area contributed by atoms with E-state index in [4.69, 9.17) is 9.47 Å². The maximum absolute atomic E-state index is 12.2. The van der Waals surface area contributed by atoms with Gasteiger partial charge in [-0.15, -0.1) is 0 Å². The zero-order valence-corrected chi connectivity index (χ0v) is 17.9. The second-order valence-electron chi connectivity index (χ2n) is 7.56. The van der Waals surface area contributed by atoms with Crippen molar-refractivity contribution < 1.29 is 14.3 Å².